The van der Waals surface area contributed by atoms with Crippen LogP contribution in [0.5, 0.6) is 5.75 Å². The van der Waals surface area contributed by atoms with Crippen LogP contribution in [0.2, 0.25) is 0 Å². The number of amides is 1. The normalized spacial score (nSPS) is 10.7. The summed E-state index contributed by atoms with van der Waals surface area (Å²) < 4.78 is 19.6. The third-order valence-electron chi connectivity index (χ3n) is 4.03. The van der Waals surface area contributed by atoms with Crippen molar-refractivity contribution in [2.75, 3.05) is 6.61 Å². The Morgan fingerprint density at radius 1 is 1.22 bits per heavy atom. The van der Waals surface area contributed by atoms with Gasteiger partial charge in [0.2, 0.25) is 0 Å². The van der Waals surface area contributed by atoms with E-state index in [-0.39, 0.29) is 18.2 Å². The standard InChI is InChI=1S/C23H26FNO2/c1-5-27-21-11-7-10-20(22(21)24)15-25-23(26)19-13-12-17(4)18(14-19)9-6-8-16(2)3/h6-14H,5,15H2,1-4H3,(H,25,26)/b9-6-. The molecular formula is C23H26FNO2. The molecule has 142 valence electrons. The summed E-state index contributed by atoms with van der Waals surface area (Å²) in [5, 5.41) is 2.78. The van der Waals surface area contributed by atoms with E-state index in [1.807, 2.05) is 51.1 Å². The number of hydrogen-bond donors (Lipinski definition) is 1. The molecule has 0 spiro atoms. The molecule has 0 aromatic heterocycles. The summed E-state index contributed by atoms with van der Waals surface area (Å²) in [7, 11) is 0. The van der Waals surface area contributed by atoms with Gasteiger partial charge >= 0.3 is 0 Å². The number of carbonyl (C=O) groups is 1. The van der Waals surface area contributed by atoms with Gasteiger partial charge < -0.3 is 10.1 Å². The molecule has 1 N–H and O–H groups in total. The van der Waals surface area contributed by atoms with Crippen LogP contribution >= 0.6 is 0 Å². The summed E-state index contributed by atoms with van der Waals surface area (Å²) in [5.74, 6) is -0.478. The number of halogens is 1. The first-order chi connectivity index (χ1) is 12.9. The molecule has 0 bridgehead atoms. The molecular weight excluding hydrogens is 341 g/mol. The summed E-state index contributed by atoms with van der Waals surface area (Å²) in [5.41, 5.74) is 4.20. The highest BCUT2D eigenvalue weighted by molar-refractivity contribution is 5.94. The zero-order valence-electron chi connectivity index (χ0n) is 16.3. The molecule has 0 saturated heterocycles. The number of rotatable bonds is 7. The van der Waals surface area contributed by atoms with Crippen LogP contribution < -0.4 is 10.1 Å². The van der Waals surface area contributed by atoms with Gasteiger partial charge in [-0.25, -0.2) is 4.39 Å². The van der Waals surface area contributed by atoms with Gasteiger partial charge in [-0.05, 0) is 57.0 Å². The summed E-state index contributed by atoms with van der Waals surface area (Å²) in [4.78, 5) is 12.5. The highest BCUT2D eigenvalue weighted by atomic mass is 19.1. The number of ether oxygens (including phenoxy) is 1. The first-order valence-electron chi connectivity index (χ1n) is 9.03. The van der Waals surface area contributed by atoms with E-state index in [1.54, 1.807) is 31.2 Å². The Morgan fingerprint density at radius 3 is 2.70 bits per heavy atom. The number of allylic oxidation sites excluding steroid dienone is 3. The smallest absolute Gasteiger partial charge is 0.251 e. The molecule has 0 unspecified atom stereocenters. The van der Waals surface area contributed by atoms with Crippen molar-refractivity contribution >= 4 is 12.0 Å². The van der Waals surface area contributed by atoms with E-state index in [0.717, 1.165) is 11.1 Å². The molecule has 0 aliphatic carbocycles. The van der Waals surface area contributed by atoms with Gasteiger partial charge in [0, 0.05) is 17.7 Å². The third-order valence-corrected chi connectivity index (χ3v) is 4.03. The van der Waals surface area contributed by atoms with Crippen molar-refractivity contribution in [2.45, 2.75) is 34.2 Å². The van der Waals surface area contributed by atoms with Crippen LogP contribution in [-0.4, -0.2) is 12.5 Å². The van der Waals surface area contributed by atoms with E-state index in [2.05, 4.69) is 5.32 Å². The molecule has 0 fully saturated rings. The van der Waals surface area contributed by atoms with Crippen molar-refractivity contribution < 1.29 is 13.9 Å². The van der Waals surface area contributed by atoms with Gasteiger partial charge in [-0.15, -0.1) is 0 Å². The fourth-order valence-electron chi connectivity index (χ4n) is 2.54. The molecule has 0 aliphatic rings. The minimum atomic E-state index is -0.436. The first-order valence-corrected chi connectivity index (χ1v) is 9.03. The van der Waals surface area contributed by atoms with Gasteiger partial charge in [0.1, 0.15) is 0 Å². The maximum absolute atomic E-state index is 14.3. The maximum Gasteiger partial charge on any atom is 0.251 e. The lowest BCUT2D eigenvalue weighted by atomic mass is 10.0. The summed E-state index contributed by atoms with van der Waals surface area (Å²) >= 11 is 0. The number of nitrogens with one attached hydrogen (secondary N) is 1. The van der Waals surface area contributed by atoms with Crippen LogP contribution in [0, 0.1) is 12.7 Å². The van der Waals surface area contributed by atoms with Crippen LogP contribution in [0.3, 0.4) is 0 Å². The monoisotopic (exact) mass is 367 g/mol. The van der Waals surface area contributed by atoms with E-state index in [9.17, 15) is 9.18 Å². The lowest BCUT2D eigenvalue weighted by molar-refractivity contribution is 0.0950. The lowest BCUT2D eigenvalue weighted by Gasteiger charge is -2.11. The second kappa shape index (κ2) is 9.72. The third kappa shape index (κ3) is 5.81. The van der Waals surface area contributed by atoms with Crippen LogP contribution in [-0.2, 0) is 6.54 Å². The Labute approximate surface area is 160 Å². The highest BCUT2D eigenvalue weighted by Crippen LogP contribution is 2.20. The van der Waals surface area contributed by atoms with E-state index in [4.69, 9.17) is 4.74 Å². The van der Waals surface area contributed by atoms with E-state index in [0.29, 0.717) is 17.7 Å². The molecule has 0 heterocycles. The molecule has 0 radical (unpaired) electrons. The van der Waals surface area contributed by atoms with Crippen molar-refractivity contribution in [2.24, 2.45) is 0 Å². The molecule has 2 rings (SSSR count). The molecule has 27 heavy (non-hydrogen) atoms. The minimum Gasteiger partial charge on any atom is -0.491 e. The van der Waals surface area contributed by atoms with Crippen LogP contribution in [0.1, 0.15) is 47.8 Å². The summed E-state index contributed by atoms with van der Waals surface area (Å²) in [6, 6.07) is 10.5. The van der Waals surface area contributed by atoms with Crippen molar-refractivity contribution in [3.8, 4) is 5.75 Å². The molecule has 2 aromatic carbocycles. The number of benzene rings is 2. The fourth-order valence-corrected chi connectivity index (χ4v) is 2.54. The van der Waals surface area contributed by atoms with Gasteiger partial charge in [0.25, 0.3) is 5.91 Å². The van der Waals surface area contributed by atoms with Gasteiger partial charge in [0.15, 0.2) is 11.6 Å². The minimum absolute atomic E-state index is 0.0996. The van der Waals surface area contributed by atoms with Gasteiger partial charge in [-0.3, -0.25) is 4.79 Å². The quantitative estimate of drug-likeness (QED) is 0.662. The van der Waals surface area contributed by atoms with Crippen LogP contribution in [0.25, 0.3) is 6.08 Å². The first kappa shape index (κ1) is 20.4. The molecule has 3 nitrogen and oxygen atoms in total. The average molecular weight is 367 g/mol. The SMILES string of the molecule is CCOc1cccc(CNC(=O)c2ccc(C)c(/C=C\C=C(C)C)c2)c1F. The van der Waals surface area contributed by atoms with Gasteiger partial charge in [-0.1, -0.05) is 42.0 Å². The number of carbonyl (C=O) groups excluding carboxylic acids is 1. The summed E-state index contributed by atoms with van der Waals surface area (Å²) in [6.45, 7) is 8.34. The zero-order chi connectivity index (χ0) is 19.8. The Hall–Kier alpha value is -2.88. The Balaban J connectivity index is 2.12. The molecule has 1 amide bonds. The van der Waals surface area contributed by atoms with Crippen LogP contribution in [0.15, 0.2) is 54.1 Å². The largest absolute Gasteiger partial charge is 0.491 e. The average Bonchev–Trinajstić information content (AvgIpc) is 2.63. The molecule has 2 aromatic rings. The second-order valence-electron chi connectivity index (χ2n) is 6.52. The predicted molar refractivity (Wildman–Crippen MR) is 108 cm³/mol. The molecule has 0 atom stereocenters. The molecule has 0 aliphatic heterocycles. The second-order valence-corrected chi connectivity index (χ2v) is 6.52. The van der Waals surface area contributed by atoms with Crippen molar-refractivity contribution in [3.05, 3.63) is 82.2 Å². The number of aryl methyl sites for hydroxylation is 1. The fraction of sp³-hybridized carbons (Fsp3) is 0.261. The van der Waals surface area contributed by atoms with Crippen molar-refractivity contribution in [1.82, 2.24) is 5.32 Å². The molecule has 4 heteroatoms. The zero-order valence-corrected chi connectivity index (χ0v) is 16.3. The van der Waals surface area contributed by atoms with Crippen molar-refractivity contribution in [1.29, 1.82) is 0 Å². The topological polar surface area (TPSA) is 38.3 Å². The van der Waals surface area contributed by atoms with E-state index >= 15 is 0 Å². The van der Waals surface area contributed by atoms with E-state index < -0.39 is 5.82 Å². The molecule has 0 saturated carbocycles. The Kier molecular flexibility index (Phi) is 7.35. The van der Waals surface area contributed by atoms with Gasteiger partial charge in [0.05, 0.1) is 6.61 Å². The van der Waals surface area contributed by atoms with Gasteiger partial charge in [-0.2, -0.15) is 0 Å². The van der Waals surface area contributed by atoms with E-state index in [1.165, 1.54) is 5.57 Å². The Bertz CT molecular complexity index is 865. The predicted octanol–water partition coefficient (Wildman–Crippen LogP) is 5.44. The maximum atomic E-state index is 14.3. The van der Waals surface area contributed by atoms with Crippen molar-refractivity contribution in [3.63, 3.8) is 0 Å². The Morgan fingerprint density at radius 2 is 2.00 bits per heavy atom. The highest BCUT2D eigenvalue weighted by Gasteiger charge is 2.11. The van der Waals surface area contributed by atoms with Crippen LogP contribution in [0.4, 0.5) is 4.39 Å². The number of hydrogen-bond acceptors (Lipinski definition) is 2. The summed E-state index contributed by atoms with van der Waals surface area (Å²) in [6.07, 6.45) is 5.96. The lowest BCUT2D eigenvalue weighted by Crippen LogP contribution is -2.23.